The number of carbonyl (C=O) groups excluding carboxylic acids is 2. The highest BCUT2D eigenvalue weighted by Gasteiger charge is 2.39. The van der Waals surface area contributed by atoms with Gasteiger partial charge in [0.25, 0.3) is 0 Å². The van der Waals surface area contributed by atoms with Gasteiger partial charge in [-0.2, -0.15) is 0 Å². The molecule has 1 saturated heterocycles. The van der Waals surface area contributed by atoms with E-state index in [0.29, 0.717) is 23.1 Å². The number of anilines is 1. The van der Waals surface area contributed by atoms with Gasteiger partial charge in [0.15, 0.2) is 5.17 Å². The third-order valence-corrected chi connectivity index (χ3v) is 6.44. The first-order chi connectivity index (χ1) is 15.5. The van der Waals surface area contributed by atoms with Gasteiger partial charge in [-0.1, -0.05) is 49.9 Å². The van der Waals surface area contributed by atoms with E-state index in [-0.39, 0.29) is 18.2 Å². The van der Waals surface area contributed by atoms with Gasteiger partial charge < -0.3 is 15.0 Å². The average molecular weight is 455 g/mol. The van der Waals surface area contributed by atoms with E-state index in [2.05, 4.69) is 24.1 Å². The predicted molar refractivity (Wildman–Crippen MR) is 131 cm³/mol. The molecule has 3 rings (SSSR count). The Balaban J connectivity index is 1.77. The van der Waals surface area contributed by atoms with E-state index in [1.165, 1.54) is 11.8 Å². The van der Waals surface area contributed by atoms with Crippen molar-refractivity contribution in [2.45, 2.75) is 25.5 Å². The van der Waals surface area contributed by atoms with E-state index in [4.69, 9.17) is 9.73 Å². The molecule has 1 fully saturated rings. The summed E-state index contributed by atoms with van der Waals surface area (Å²) in [5, 5.41) is 2.98. The number of rotatable bonds is 10. The Kier molecular flexibility index (Phi) is 8.70. The Bertz CT molecular complexity index is 947. The smallest absolute Gasteiger partial charge is 0.242 e. The number of likely N-dealkylation sites (N-methyl/N-ethyl adjacent to an activating group) is 1. The van der Waals surface area contributed by atoms with E-state index in [9.17, 15) is 9.59 Å². The van der Waals surface area contributed by atoms with Crippen LogP contribution < -0.4 is 10.1 Å². The molecule has 7 nitrogen and oxygen atoms in total. The lowest BCUT2D eigenvalue weighted by Gasteiger charge is -2.23. The van der Waals surface area contributed by atoms with E-state index >= 15 is 0 Å². The van der Waals surface area contributed by atoms with Gasteiger partial charge in [0.1, 0.15) is 11.0 Å². The molecule has 0 radical (unpaired) electrons. The monoisotopic (exact) mass is 454 g/mol. The number of nitrogens with zero attached hydrogens (tertiary/aromatic N) is 3. The number of thioether (sulfide) groups is 1. The highest BCUT2D eigenvalue weighted by atomic mass is 32.2. The lowest BCUT2D eigenvalue weighted by Crippen LogP contribution is -2.39. The van der Waals surface area contributed by atoms with Crippen molar-refractivity contribution in [3.63, 3.8) is 0 Å². The zero-order valence-corrected chi connectivity index (χ0v) is 19.6. The maximum atomic E-state index is 13.2. The van der Waals surface area contributed by atoms with Crippen molar-refractivity contribution in [2.24, 2.45) is 4.99 Å². The van der Waals surface area contributed by atoms with Gasteiger partial charge in [0.05, 0.1) is 12.8 Å². The number of methoxy groups -OCH3 is 1. The van der Waals surface area contributed by atoms with E-state index in [1.54, 1.807) is 12.0 Å². The molecule has 1 atom stereocenters. The normalized spacial score (nSPS) is 17.2. The Labute approximate surface area is 193 Å². The first kappa shape index (κ1) is 23.8. The molecule has 2 aromatic rings. The van der Waals surface area contributed by atoms with Gasteiger partial charge in [-0.25, -0.2) is 4.99 Å². The van der Waals surface area contributed by atoms with Crippen LogP contribution in [0.5, 0.6) is 5.75 Å². The molecule has 32 heavy (non-hydrogen) atoms. The second-order valence-corrected chi connectivity index (χ2v) is 8.51. The van der Waals surface area contributed by atoms with Crippen LogP contribution in [-0.2, 0) is 9.59 Å². The molecule has 0 bridgehead atoms. The van der Waals surface area contributed by atoms with E-state index in [0.717, 1.165) is 25.3 Å². The molecular formula is C24H30N4O3S. The minimum atomic E-state index is -0.500. The number of nitrogens with one attached hydrogen (secondary N) is 1. The summed E-state index contributed by atoms with van der Waals surface area (Å²) >= 11 is 1.35. The number of benzene rings is 2. The second kappa shape index (κ2) is 11.7. The number of amides is 2. The van der Waals surface area contributed by atoms with Crippen molar-refractivity contribution in [2.75, 3.05) is 38.6 Å². The van der Waals surface area contributed by atoms with Crippen LogP contribution in [0.15, 0.2) is 59.6 Å². The summed E-state index contributed by atoms with van der Waals surface area (Å²) in [7, 11) is 1.61. The van der Waals surface area contributed by atoms with Crippen LogP contribution in [0.3, 0.4) is 0 Å². The molecule has 8 heteroatoms. The van der Waals surface area contributed by atoms with Gasteiger partial charge in [-0.3, -0.25) is 14.5 Å². The first-order valence-corrected chi connectivity index (χ1v) is 11.7. The maximum absolute atomic E-state index is 13.2. The molecule has 0 aliphatic carbocycles. The van der Waals surface area contributed by atoms with Crippen LogP contribution >= 0.6 is 11.8 Å². The summed E-state index contributed by atoms with van der Waals surface area (Å²) < 4.78 is 5.29. The van der Waals surface area contributed by atoms with Gasteiger partial charge in [-0.15, -0.1) is 0 Å². The zero-order valence-electron chi connectivity index (χ0n) is 18.8. The second-order valence-electron chi connectivity index (χ2n) is 7.34. The molecule has 0 aromatic heterocycles. The summed E-state index contributed by atoms with van der Waals surface area (Å²) in [6, 6.07) is 16.7. The van der Waals surface area contributed by atoms with E-state index in [1.807, 2.05) is 54.6 Å². The Morgan fingerprint density at radius 1 is 1.16 bits per heavy atom. The molecule has 170 valence electrons. The first-order valence-electron chi connectivity index (χ1n) is 10.8. The minimum Gasteiger partial charge on any atom is -0.497 e. The highest BCUT2D eigenvalue weighted by molar-refractivity contribution is 8.15. The van der Waals surface area contributed by atoms with Gasteiger partial charge >= 0.3 is 0 Å². The molecule has 1 aliphatic rings. The minimum absolute atomic E-state index is 0.0768. The number of para-hydroxylation sites is 1. The van der Waals surface area contributed by atoms with Crippen molar-refractivity contribution in [1.29, 1.82) is 0 Å². The molecule has 0 saturated carbocycles. The van der Waals surface area contributed by atoms with Crippen LogP contribution in [0.25, 0.3) is 0 Å². The molecule has 2 amide bonds. The van der Waals surface area contributed by atoms with Crippen LogP contribution in [0.1, 0.15) is 20.3 Å². The topological polar surface area (TPSA) is 74.2 Å². The number of amidine groups is 1. The largest absolute Gasteiger partial charge is 0.497 e. The highest BCUT2D eigenvalue weighted by Crippen LogP contribution is 2.32. The van der Waals surface area contributed by atoms with E-state index < -0.39 is 5.25 Å². The van der Waals surface area contributed by atoms with Crippen LogP contribution in [0.2, 0.25) is 0 Å². The van der Waals surface area contributed by atoms with Crippen molar-refractivity contribution < 1.29 is 14.3 Å². The van der Waals surface area contributed by atoms with Crippen molar-refractivity contribution in [3.05, 3.63) is 54.6 Å². The molecular weight excluding hydrogens is 424 g/mol. The summed E-state index contributed by atoms with van der Waals surface area (Å²) in [6.45, 7) is 7.32. The zero-order chi connectivity index (χ0) is 22.9. The molecule has 1 aliphatic heterocycles. The third-order valence-electron chi connectivity index (χ3n) is 5.26. The van der Waals surface area contributed by atoms with Gasteiger partial charge in [-0.05, 0) is 37.4 Å². The average Bonchev–Trinajstić information content (AvgIpc) is 3.09. The lowest BCUT2D eigenvalue weighted by atomic mass is 10.2. The maximum Gasteiger partial charge on any atom is 0.242 e. The van der Waals surface area contributed by atoms with Crippen molar-refractivity contribution in [3.8, 4) is 5.75 Å². The lowest BCUT2D eigenvalue weighted by molar-refractivity contribution is -0.128. The number of aliphatic imine (C=N–C) groups is 1. The number of ether oxygens (including phenoxy) is 1. The van der Waals surface area contributed by atoms with Crippen LogP contribution in [-0.4, -0.2) is 65.3 Å². The fourth-order valence-electron chi connectivity index (χ4n) is 3.40. The molecule has 1 heterocycles. The number of carbonyl (C=O) groups is 2. The molecule has 1 unspecified atom stereocenters. The van der Waals surface area contributed by atoms with Crippen molar-refractivity contribution in [1.82, 2.24) is 9.80 Å². The summed E-state index contributed by atoms with van der Waals surface area (Å²) in [4.78, 5) is 34.5. The molecule has 1 N–H and O–H groups in total. The van der Waals surface area contributed by atoms with Crippen LogP contribution in [0.4, 0.5) is 11.4 Å². The SMILES string of the molecule is CCN(CC)CCN1C(=O)C(CC(=O)Nc2ccccc2)SC1=Nc1cccc(OC)c1. The predicted octanol–water partition coefficient (Wildman–Crippen LogP) is 4.00. The molecule has 2 aromatic carbocycles. The quantitative estimate of drug-likeness (QED) is 0.587. The summed E-state index contributed by atoms with van der Waals surface area (Å²) in [6.07, 6.45) is 0.0945. The fraction of sp³-hybridized carbons (Fsp3) is 0.375. The Morgan fingerprint density at radius 2 is 1.91 bits per heavy atom. The standard InChI is InChI=1S/C24H30N4O3S/c1-4-27(5-2)14-15-28-23(30)21(17-22(29)25-18-10-7-6-8-11-18)32-24(28)26-19-12-9-13-20(16-19)31-3/h6-13,16,21H,4-5,14-15,17H2,1-3H3,(H,25,29). The number of hydrogen-bond donors (Lipinski definition) is 1. The van der Waals surface area contributed by atoms with Gasteiger partial charge in [0, 0.05) is 31.3 Å². The Morgan fingerprint density at radius 3 is 2.59 bits per heavy atom. The van der Waals surface area contributed by atoms with Crippen LogP contribution in [0, 0.1) is 0 Å². The molecule has 0 spiro atoms. The summed E-state index contributed by atoms with van der Waals surface area (Å²) in [5.41, 5.74) is 1.43. The third kappa shape index (κ3) is 6.34. The fourth-order valence-corrected chi connectivity index (χ4v) is 4.59. The Hall–Kier alpha value is -2.84. The van der Waals surface area contributed by atoms with Gasteiger partial charge in [0.2, 0.25) is 11.8 Å². The van der Waals surface area contributed by atoms with Crippen molar-refractivity contribution >= 4 is 40.1 Å². The summed E-state index contributed by atoms with van der Waals surface area (Å²) in [5.74, 6) is 0.440. The number of hydrogen-bond acceptors (Lipinski definition) is 6.